The number of anilines is 6. The average Bonchev–Trinajstić information content (AvgIpc) is 4.00. The highest BCUT2D eigenvalue weighted by Crippen LogP contribution is 2.30. The van der Waals surface area contributed by atoms with E-state index in [0.29, 0.717) is 17.6 Å². The van der Waals surface area contributed by atoms with Crippen molar-refractivity contribution in [2.24, 2.45) is 5.92 Å². The minimum absolute atomic E-state index is 0.516. The van der Waals surface area contributed by atoms with E-state index < -0.39 is 0 Å². The van der Waals surface area contributed by atoms with Crippen molar-refractivity contribution in [1.82, 2.24) is 55.2 Å². The van der Waals surface area contributed by atoms with Crippen LogP contribution in [0, 0.1) is 23.3 Å². The van der Waals surface area contributed by atoms with Crippen LogP contribution in [-0.4, -0.2) is 91.3 Å². The van der Waals surface area contributed by atoms with E-state index in [-0.39, 0.29) is 0 Å². The van der Waals surface area contributed by atoms with Crippen molar-refractivity contribution in [3.8, 4) is 17.2 Å². The second-order valence-electron chi connectivity index (χ2n) is 15.1. The van der Waals surface area contributed by atoms with E-state index >= 15 is 0 Å². The zero-order valence-electron chi connectivity index (χ0n) is 38.1. The molecule has 1 aliphatic rings. The number of nitrogens with one attached hydrogen (secondary N) is 6. The van der Waals surface area contributed by atoms with Crippen molar-refractivity contribution in [1.29, 1.82) is 0 Å². The van der Waals surface area contributed by atoms with Gasteiger partial charge in [-0.05, 0) is 111 Å². The second kappa shape index (κ2) is 23.9. The number of aryl methyl sites for hydroxylation is 2. The molecule has 1 fully saturated rings. The summed E-state index contributed by atoms with van der Waals surface area (Å²) in [6.07, 6.45) is 17.7. The average molecular weight is 992 g/mol. The SMILES string of the molecule is CCC1CCCCC1NC.CNc1cc(C)nc(Nc2ccc(OC)c(-n3ncc4ccncc43)c2)n1.CNc1cc(C)nc(Nc2ccc(OC)c(I)c2)n1.c1cc2cn[nH]c2cn1. The summed E-state index contributed by atoms with van der Waals surface area (Å²) in [5.41, 5.74) is 6.21. The maximum Gasteiger partial charge on any atom is 0.229 e. The number of aromatic nitrogens is 10. The van der Waals surface area contributed by atoms with Gasteiger partial charge in [-0.1, -0.05) is 26.2 Å². The lowest BCUT2D eigenvalue weighted by Gasteiger charge is -2.30. The van der Waals surface area contributed by atoms with Crippen molar-refractivity contribution in [2.75, 3.05) is 56.6 Å². The Morgan fingerprint density at radius 1 is 0.708 bits per heavy atom. The largest absolute Gasteiger partial charge is 0.496 e. The number of nitrogens with zero attached hydrogens (tertiary/aromatic N) is 9. The number of fused-ring (bicyclic) bond motifs is 2. The van der Waals surface area contributed by atoms with Crippen LogP contribution in [-0.2, 0) is 0 Å². The van der Waals surface area contributed by atoms with E-state index in [1.165, 1.54) is 32.1 Å². The standard InChI is InChI=1S/C19H19N7O.C13H15IN4O.C9H19N.C6H5N3/c1-12-8-18(20-2)25-19(23-12)24-14-4-5-17(27-3)15(9-14)26-16-11-21-7-6-13(16)10-22-26;1-8-6-12(15-2)18-13(16-8)17-9-4-5-11(19-3)10(14)7-9;1-3-8-6-4-5-7-9(8)10-2;1-2-7-4-6-5(1)3-8-9-6/h4-11H,1-3H3,(H2,20,23,24,25);4-7H,1-3H3,(H2,15,16,17,18);8-10H,3-7H2,1-2H3;1-4H,(H,8,9). The predicted octanol–water partition coefficient (Wildman–Crippen LogP) is 9.63. The van der Waals surface area contributed by atoms with E-state index in [0.717, 1.165) is 83.2 Å². The van der Waals surface area contributed by atoms with E-state index in [1.807, 2.05) is 93.3 Å². The molecular formula is C47H58IN15O2. The number of ether oxygens (including phenoxy) is 2. The Labute approximate surface area is 393 Å². The van der Waals surface area contributed by atoms with Gasteiger partial charge >= 0.3 is 0 Å². The van der Waals surface area contributed by atoms with E-state index in [4.69, 9.17) is 9.47 Å². The van der Waals surface area contributed by atoms with Gasteiger partial charge in [0.05, 0.1) is 53.6 Å². The van der Waals surface area contributed by atoms with Crippen LogP contribution < -0.4 is 36.1 Å². The van der Waals surface area contributed by atoms with Crippen LogP contribution in [0.15, 0.2) is 97.8 Å². The molecule has 0 radical (unpaired) electrons. The first-order valence-corrected chi connectivity index (χ1v) is 22.5. The van der Waals surface area contributed by atoms with Crippen LogP contribution in [0.2, 0.25) is 0 Å². The highest BCUT2D eigenvalue weighted by molar-refractivity contribution is 14.1. The number of aromatic amines is 1. The molecule has 0 bridgehead atoms. The fourth-order valence-corrected chi connectivity index (χ4v) is 8.09. The fourth-order valence-electron chi connectivity index (χ4n) is 7.36. The van der Waals surface area contributed by atoms with Crippen LogP contribution in [0.4, 0.5) is 34.9 Å². The quantitative estimate of drug-likeness (QED) is 0.0668. The van der Waals surface area contributed by atoms with Gasteiger partial charge in [0.15, 0.2) is 0 Å². The molecule has 9 rings (SSSR count). The zero-order valence-corrected chi connectivity index (χ0v) is 40.3. The molecule has 6 heterocycles. The minimum Gasteiger partial charge on any atom is -0.496 e. The zero-order chi connectivity index (χ0) is 46.1. The molecule has 2 aromatic carbocycles. The fraction of sp³-hybridized carbons (Fsp3) is 0.319. The van der Waals surface area contributed by atoms with Gasteiger partial charge in [0, 0.05) is 78.2 Å². The molecule has 0 saturated heterocycles. The number of pyridine rings is 2. The summed E-state index contributed by atoms with van der Waals surface area (Å²) < 4.78 is 13.6. The molecule has 1 saturated carbocycles. The molecule has 0 aliphatic heterocycles. The first-order chi connectivity index (χ1) is 31.6. The van der Waals surface area contributed by atoms with Crippen LogP contribution in [0.3, 0.4) is 0 Å². The Balaban J connectivity index is 0.000000158. The number of hydrogen-bond donors (Lipinski definition) is 6. The van der Waals surface area contributed by atoms with Crippen LogP contribution in [0.25, 0.3) is 27.5 Å². The Hall–Kier alpha value is -6.67. The molecule has 340 valence electrons. The summed E-state index contributed by atoms with van der Waals surface area (Å²) in [4.78, 5) is 25.7. The maximum atomic E-state index is 5.53. The third-order valence-corrected chi connectivity index (χ3v) is 11.6. The first kappa shape index (κ1) is 47.8. The Morgan fingerprint density at radius 2 is 1.32 bits per heavy atom. The summed E-state index contributed by atoms with van der Waals surface area (Å²) >= 11 is 2.23. The van der Waals surface area contributed by atoms with E-state index in [1.54, 1.807) is 51.4 Å². The molecule has 1 aliphatic carbocycles. The molecule has 8 aromatic rings. The van der Waals surface area contributed by atoms with Gasteiger partial charge in [0.1, 0.15) is 28.8 Å². The van der Waals surface area contributed by atoms with Gasteiger partial charge in [0.2, 0.25) is 11.9 Å². The summed E-state index contributed by atoms with van der Waals surface area (Å²) in [5, 5.41) is 29.1. The number of halogens is 1. The van der Waals surface area contributed by atoms with Crippen molar-refractivity contribution in [3.63, 3.8) is 0 Å². The van der Waals surface area contributed by atoms with Crippen molar-refractivity contribution >= 4 is 79.3 Å². The lowest BCUT2D eigenvalue weighted by atomic mass is 9.83. The lowest BCUT2D eigenvalue weighted by Crippen LogP contribution is -2.35. The van der Waals surface area contributed by atoms with Gasteiger partial charge in [-0.2, -0.15) is 20.2 Å². The third kappa shape index (κ3) is 13.2. The highest BCUT2D eigenvalue weighted by atomic mass is 127. The van der Waals surface area contributed by atoms with Crippen LogP contribution in [0.5, 0.6) is 11.5 Å². The molecule has 6 N–H and O–H groups in total. The first-order valence-electron chi connectivity index (χ1n) is 21.5. The highest BCUT2D eigenvalue weighted by Gasteiger charge is 2.21. The summed E-state index contributed by atoms with van der Waals surface area (Å²) in [5.74, 6) is 5.15. The molecule has 2 unspecified atom stereocenters. The van der Waals surface area contributed by atoms with Crippen LogP contribution in [0.1, 0.15) is 50.4 Å². The molecular weight excluding hydrogens is 934 g/mol. The molecule has 65 heavy (non-hydrogen) atoms. The number of hydrogen-bond acceptors (Lipinski definition) is 15. The van der Waals surface area contributed by atoms with Crippen molar-refractivity contribution in [2.45, 2.75) is 58.9 Å². The number of H-pyrrole nitrogens is 1. The molecule has 0 spiro atoms. The molecule has 2 atom stereocenters. The number of rotatable bonds is 11. The topological polar surface area (TPSA) is 202 Å². The smallest absolute Gasteiger partial charge is 0.229 e. The van der Waals surface area contributed by atoms with Crippen molar-refractivity contribution in [3.05, 3.63) is 113 Å². The Bertz CT molecular complexity index is 2700. The van der Waals surface area contributed by atoms with Gasteiger partial charge in [-0.25, -0.2) is 14.6 Å². The Morgan fingerprint density at radius 3 is 1.91 bits per heavy atom. The maximum absolute atomic E-state index is 5.53. The molecule has 0 amide bonds. The molecule has 17 nitrogen and oxygen atoms in total. The monoisotopic (exact) mass is 991 g/mol. The van der Waals surface area contributed by atoms with E-state index in [9.17, 15) is 0 Å². The van der Waals surface area contributed by atoms with Crippen LogP contribution >= 0.6 is 22.6 Å². The van der Waals surface area contributed by atoms with Gasteiger partial charge in [-0.15, -0.1) is 0 Å². The van der Waals surface area contributed by atoms with Gasteiger partial charge in [-0.3, -0.25) is 15.1 Å². The van der Waals surface area contributed by atoms with E-state index in [2.05, 4.69) is 108 Å². The summed E-state index contributed by atoms with van der Waals surface area (Å²) in [6, 6.07) is 20.0. The van der Waals surface area contributed by atoms with Crippen molar-refractivity contribution < 1.29 is 9.47 Å². The summed E-state index contributed by atoms with van der Waals surface area (Å²) in [6.45, 7) is 6.17. The molecule has 6 aromatic heterocycles. The Kier molecular flexibility index (Phi) is 17.5. The second-order valence-corrected chi connectivity index (χ2v) is 16.3. The number of benzene rings is 2. The minimum atomic E-state index is 0.516. The molecule has 18 heteroatoms. The summed E-state index contributed by atoms with van der Waals surface area (Å²) in [7, 11) is 9.06. The lowest BCUT2D eigenvalue weighted by molar-refractivity contribution is 0.267. The van der Waals surface area contributed by atoms with Gasteiger partial charge < -0.3 is 36.1 Å². The normalized spacial score (nSPS) is 14.1. The predicted molar refractivity (Wildman–Crippen MR) is 269 cm³/mol. The third-order valence-electron chi connectivity index (χ3n) is 10.7. The number of methoxy groups -OCH3 is 2. The van der Waals surface area contributed by atoms with Gasteiger partial charge in [0.25, 0.3) is 0 Å².